The molecule has 1 aromatic carbocycles. The summed E-state index contributed by atoms with van der Waals surface area (Å²) in [5.74, 6) is -1.22. The summed E-state index contributed by atoms with van der Waals surface area (Å²) in [5.41, 5.74) is 0.560. The smallest absolute Gasteiger partial charge is 0.185 e. The number of rotatable bonds is 1. The van der Waals surface area contributed by atoms with Gasteiger partial charge in [-0.3, -0.25) is 0 Å². The van der Waals surface area contributed by atoms with E-state index >= 15 is 0 Å². The molecule has 7 heteroatoms. The average Bonchev–Trinajstić information content (AvgIpc) is 2.71. The van der Waals surface area contributed by atoms with E-state index in [4.69, 9.17) is 11.6 Å². The second kappa shape index (κ2) is 3.99. The van der Waals surface area contributed by atoms with Crippen LogP contribution in [0.1, 0.15) is 0 Å². The predicted octanol–water partition coefficient (Wildman–Crippen LogP) is 2.72. The second-order valence-corrected chi connectivity index (χ2v) is 3.96. The number of aromatic nitrogens is 4. The molecule has 90 valence electrons. The Hall–Kier alpha value is -2.08. The van der Waals surface area contributed by atoms with E-state index in [0.717, 1.165) is 12.1 Å². The Balaban J connectivity index is 2.19. The molecular formula is C11H5ClF2N4. The van der Waals surface area contributed by atoms with E-state index < -0.39 is 11.6 Å². The summed E-state index contributed by atoms with van der Waals surface area (Å²) in [7, 11) is 0. The van der Waals surface area contributed by atoms with Crippen LogP contribution in [-0.4, -0.2) is 19.6 Å². The van der Waals surface area contributed by atoms with Crippen molar-refractivity contribution >= 4 is 17.2 Å². The highest BCUT2D eigenvalue weighted by molar-refractivity contribution is 6.29. The third-order valence-electron chi connectivity index (χ3n) is 2.37. The average molecular weight is 267 g/mol. The van der Waals surface area contributed by atoms with Gasteiger partial charge in [0.05, 0.1) is 5.56 Å². The van der Waals surface area contributed by atoms with Crippen LogP contribution in [0.15, 0.2) is 30.6 Å². The minimum absolute atomic E-state index is 0.122. The van der Waals surface area contributed by atoms with Crippen molar-refractivity contribution in [1.82, 2.24) is 19.6 Å². The fourth-order valence-corrected chi connectivity index (χ4v) is 1.70. The van der Waals surface area contributed by atoms with Crippen LogP contribution in [0.3, 0.4) is 0 Å². The largest absolute Gasteiger partial charge is 0.224 e. The third-order valence-corrected chi connectivity index (χ3v) is 2.58. The number of nitrogens with zero attached hydrogens (tertiary/aromatic N) is 4. The van der Waals surface area contributed by atoms with Gasteiger partial charge in [-0.15, -0.1) is 5.10 Å². The lowest BCUT2D eigenvalue weighted by molar-refractivity contribution is 0.585. The number of fused-ring (bicyclic) bond motifs is 1. The van der Waals surface area contributed by atoms with Crippen molar-refractivity contribution in [2.24, 2.45) is 0 Å². The molecule has 0 fully saturated rings. The van der Waals surface area contributed by atoms with E-state index in [1.165, 1.54) is 23.0 Å². The van der Waals surface area contributed by atoms with E-state index in [-0.39, 0.29) is 16.5 Å². The standard InChI is InChI=1S/C11H5ClF2N4/c12-9-4-10-16-11(17-18(10)5-15-9)7-2-1-6(13)3-8(7)14/h1-5H. The topological polar surface area (TPSA) is 43.1 Å². The molecule has 0 amide bonds. The van der Waals surface area contributed by atoms with Crippen molar-refractivity contribution in [3.63, 3.8) is 0 Å². The van der Waals surface area contributed by atoms with Gasteiger partial charge in [-0.1, -0.05) is 11.6 Å². The zero-order valence-corrected chi connectivity index (χ0v) is 9.57. The SMILES string of the molecule is Fc1ccc(-c2nc3cc(Cl)ncn3n2)c(F)c1. The Bertz CT molecular complexity index is 741. The Morgan fingerprint density at radius 1 is 1.17 bits per heavy atom. The molecule has 0 aliphatic carbocycles. The fraction of sp³-hybridized carbons (Fsp3) is 0. The summed E-state index contributed by atoms with van der Waals surface area (Å²) in [5, 5.41) is 4.30. The first-order chi connectivity index (χ1) is 8.63. The molecule has 0 atom stereocenters. The maximum atomic E-state index is 13.6. The molecule has 3 rings (SSSR count). The second-order valence-electron chi connectivity index (χ2n) is 3.57. The van der Waals surface area contributed by atoms with Crippen molar-refractivity contribution in [2.45, 2.75) is 0 Å². The first-order valence-corrected chi connectivity index (χ1v) is 5.34. The summed E-state index contributed by atoms with van der Waals surface area (Å²) in [6.45, 7) is 0. The fourth-order valence-electron chi connectivity index (χ4n) is 1.56. The van der Waals surface area contributed by atoms with Crippen LogP contribution < -0.4 is 0 Å². The van der Waals surface area contributed by atoms with Gasteiger partial charge in [0, 0.05) is 12.1 Å². The summed E-state index contributed by atoms with van der Waals surface area (Å²) in [6, 6.07) is 4.72. The lowest BCUT2D eigenvalue weighted by atomic mass is 10.2. The molecule has 0 unspecified atom stereocenters. The van der Waals surface area contributed by atoms with Gasteiger partial charge in [0.2, 0.25) is 0 Å². The van der Waals surface area contributed by atoms with Gasteiger partial charge >= 0.3 is 0 Å². The zero-order valence-electron chi connectivity index (χ0n) is 8.81. The highest BCUT2D eigenvalue weighted by atomic mass is 35.5. The van der Waals surface area contributed by atoms with Crippen LogP contribution in [-0.2, 0) is 0 Å². The lowest BCUT2D eigenvalue weighted by Gasteiger charge is -1.96. The number of benzene rings is 1. The van der Waals surface area contributed by atoms with Crippen molar-refractivity contribution < 1.29 is 8.78 Å². The molecule has 0 saturated carbocycles. The van der Waals surface area contributed by atoms with Crippen LogP contribution in [0.2, 0.25) is 5.15 Å². The Kier molecular flexibility index (Phi) is 2.45. The molecule has 0 saturated heterocycles. The van der Waals surface area contributed by atoms with Gasteiger partial charge in [0.25, 0.3) is 0 Å². The predicted molar refractivity (Wildman–Crippen MR) is 61.1 cm³/mol. The number of hydrogen-bond acceptors (Lipinski definition) is 3. The van der Waals surface area contributed by atoms with Crippen LogP contribution in [0, 0.1) is 11.6 Å². The van der Waals surface area contributed by atoms with E-state index in [0.29, 0.717) is 5.65 Å². The highest BCUT2D eigenvalue weighted by Gasteiger charge is 2.12. The minimum Gasteiger partial charge on any atom is -0.224 e. The molecule has 2 aromatic heterocycles. The molecular weight excluding hydrogens is 262 g/mol. The molecule has 0 bridgehead atoms. The normalized spacial score (nSPS) is 11.1. The van der Waals surface area contributed by atoms with Gasteiger partial charge in [-0.05, 0) is 12.1 Å². The van der Waals surface area contributed by atoms with Crippen molar-refractivity contribution in [3.8, 4) is 11.4 Å². The van der Waals surface area contributed by atoms with E-state index in [1.54, 1.807) is 0 Å². The van der Waals surface area contributed by atoms with Crippen LogP contribution in [0.4, 0.5) is 8.78 Å². The zero-order chi connectivity index (χ0) is 12.7. The monoisotopic (exact) mass is 266 g/mol. The molecule has 18 heavy (non-hydrogen) atoms. The van der Waals surface area contributed by atoms with E-state index in [2.05, 4.69) is 15.1 Å². The van der Waals surface area contributed by atoms with Gasteiger partial charge < -0.3 is 0 Å². The van der Waals surface area contributed by atoms with Crippen molar-refractivity contribution in [2.75, 3.05) is 0 Å². The first-order valence-electron chi connectivity index (χ1n) is 4.97. The summed E-state index contributed by atoms with van der Waals surface area (Å²) in [4.78, 5) is 7.92. The van der Waals surface area contributed by atoms with Crippen molar-refractivity contribution in [3.05, 3.63) is 47.4 Å². The summed E-state index contributed by atoms with van der Waals surface area (Å²) in [6.07, 6.45) is 1.37. The van der Waals surface area contributed by atoms with E-state index in [9.17, 15) is 8.78 Å². The van der Waals surface area contributed by atoms with Gasteiger partial charge in [0.15, 0.2) is 11.5 Å². The van der Waals surface area contributed by atoms with Crippen LogP contribution >= 0.6 is 11.6 Å². The number of hydrogen-bond donors (Lipinski definition) is 0. The van der Waals surface area contributed by atoms with Crippen molar-refractivity contribution in [1.29, 1.82) is 0 Å². The van der Waals surface area contributed by atoms with Gasteiger partial charge in [-0.2, -0.15) is 0 Å². The molecule has 0 spiro atoms. The van der Waals surface area contributed by atoms with Gasteiger partial charge in [-0.25, -0.2) is 23.3 Å². The van der Waals surface area contributed by atoms with Crippen LogP contribution in [0.5, 0.6) is 0 Å². The Morgan fingerprint density at radius 2 is 2.00 bits per heavy atom. The molecule has 0 N–H and O–H groups in total. The first kappa shape index (κ1) is 11.0. The quantitative estimate of drug-likeness (QED) is 0.636. The summed E-state index contributed by atoms with van der Waals surface area (Å²) >= 11 is 5.71. The molecule has 4 nitrogen and oxygen atoms in total. The Labute approximate surface area is 105 Å². The minimum atomic E-state index is -0.718. The molecule has 3 aromatic rings. The van der Waals surface area contributed by atoms with Gasteiger partial charge in [0.1, 0.15) is 23.1 Å². The third kappa shape index (κ3) is 1.80. The molecule has 0 radical (unpaired) electrons. The summed E-state index contributed by atoms with van der Waals surface area (Å²) < 4.78 is 27.7. The maximum Gasteiger partial charge on any atom is 0.185 e. The molecule has 0 aliphatic heterocycles. The maximum absolute atomic E-state index is 13.6. The molecule has 0 aliphatic rings. The van der Waals surface area contributed by atoms with Crippen LogP contribution in [0.25, 0.3) is 17.0 Å². The molecule has 2 heterocycles. The lowest BCUT2D eigenvalue weighted by Crippen LogP contribution is -1.90. The van der Waals surface area contributed by atoms with E-state index in [1.807, 2.05) is 0 Å². The highest BCUT2D eigenvalue weighted by Crippen LogP contribution is 2.21. The number of halogens is 3. The Morgan fingerprint density at radius 3 is 2.78 bits per heavy atom.